The highest BCUT2D eigenvalue weighted by atomic mass is 19.1. The van der Waals surface area contributed by atoms with E-state index in [-0.39, 0.29) is 5.82 Å². The minimum Gasteiger partial charge on any atom is -0.362 e. The van der Waals surface area contributed by atoms with Crippen molar-refractivity contribution in [2.75, 3.05) is 18.0 Å². The molecule has 1 aliphatic heterocycles. The van der Waals surface area contributed by atoms with E-state index in [9.17, 15) is 9.18 Å². The number of halogens is 1. The molecule has 2 aromatic rings. The fourth-order valence-electron chi connectivity index (χ4n) is 2.51. The number of fused-ring (bicyclic) bond motifs is 1. The number of aromatic nitrogens is 2. The van der Waals surface area contributed by atoms with Crippen molar-refractivity contribution in [3.05, 3.63) is 42.0 Å². The molecule has 1 aromatic carbocycles. The molecular weight excluding hydrogens is 245 g/mol. The third kappa shape index (κ3) is 2.12. The second-order valence-corrected chi connectivity index (χ2v) is 4.58. The Morgan fingerprint density at radius 2 is 2.11 bits per heavy atom. The van der Waals surface area contributed by atoms with E-state index in [2.05, 4.69) is 5.10 Å². The van der Waals surface area contributed by atoms with Crippen LogP contribution < -0.4 is 4.90 Å². The average molecular weight is 259 g/mol. The van der Waals surface area contributed by atoms with Crippen LogP contribution in [0.4, 0.5) is 10.1 Å². The summed E-state index contributed by atoms with van der Waals surface area (Å²) in [4.78, 5) is 12.7. The molecule has 0 N–H and O–H groups in total. The van der Waals surface area contributed by atoms with E-state index in [1.54, 1.807) is 18.3 Å². The van der Waals surface area contributed by atoms with Crippen molar-refractivity contribution < 1.29 is 9.18 Å². The molecule has 0 spiro atoms. The highest BCUT2D eigenvalue weighted by Crippen LogP contribution is 2.28. The fraction of sp³-hybridized carbons (Fsp3) is 0.286. The third-order valence-corrected chi connectivity index (χ3v) is 3.40. The van der Waals surface area contributed by atoms with Crippen LogP contribution in [0.15, 0.2) is 30.5 Å². The quantitative estimate of drug-likeness (QED) is 0.791. The molecule has 0 radical (unpaired) electrons. The van der Waals surface area contributed by atoms with Crippen molar-refractivity contribution in [2.24, 2.45) is 0 Å². The second-order valence-electron chi connectivity index (χ2n) is 4.58. The van der Waals surface area contributed by atoms with Crippen molar-refractivity contribution >= 4 is 12.0 Å². The molecular formula is C14H14FN3O. The molecule has 0 aliphatic carbocycles. The van der Waals surface area contributed by atoms with Crippen molar-refractivity contribution in [3.63, 3.8) is 0 Å². The van der Waals surface area contributed by atoms with Crippen LogP contribution in [0.25, 0.3) is 5.69 Å². The molecule has 0 amide bonds. The summed E-state index contributed by atoms with van der Waals surface area (Å²) in [5.41, 5.74) is 2.93. The van der Waals surface area contributed by atoms with E-state index in [1.807, 2.05) is 9.58 Å². The Balaban J connectivity index is 2.00. The van der Waals surface area contributed by atoms with Gasteiger partial charge in [0.25, 0.3) is 0 Å². The maximum Gasteiger partial charge on any atom is 0.139 e. The molecule has 0 saturated carbocycles. The van der Waals surface area contributed by atoms with Gasteiger partial charge in [0.05, 0.1) is 29.8 Å². The summed E-state index contributed by atoms with van der Waals surface area (Å²) in [6, 6.07) is 6.27. The molecule has 4 nitrogen and oxygen atoms in total. The van der Waals surface area contributed by atoms with Crippen molar-refractivity contribution in [1.29, 1.82) is 0 Å². The summed E-state index contributed by atoms with van der Waals surface area (Å²) in [7, 11) is 0. The van der Waals surface area contributed by atoms with Gasteiger partial charge >= 0.3 is 0 Å². The molecule has 1 aliphatic rings. The fourth-order valence-corrected chi connectivity index (χ4v) is 2.51. The van der Waals surface area contributed by atoms with E-state index in [4.69, 9.17) is 0 Å². The van der Waals surface area contributed by atoms with Gasteiger partial charge in [-0.2, -0.15) is 5.10 Å². The zero-order chi connectivity index (χ0) is 13.2. The normalized spacial score (nSPS) is 14.3. The van der Waals surface area contributed by atoms with Crippen LogP contribution in [0.2, 0.25) is 0 Å². The first-order chi connectivity index (χ1) is 9.29. The zero-order valence-electron chi connectivity index (χ0n) is 10.4. The summed E-state index contributed by atoms with van der Waals surface area (Å²) in [6.07, 6.45) is 4.60. The minimum atomic E-state index is -0.257. The van der Waals surface area contributed by atoms with E-state index >= 15 is 0 Å². The van der Waals surface area contributed by atoms with E-state index in [0.717, 1.165) is 42.7 Å². The van der Waals surface area contributed by atoms with Crippen molar-refractivity contribution in [1.82, 2.24) is 9.78 Å². The lowest BCUT2D eigenvalue weighted by Crippen LogP contribution is -2.30. The van der Waals surface area contributed by atoms with Crippen molar-refractivity contribution in [2.45, 2.75) is 12.8 Å². The predicted octanol–water partition coefficient (Wildman–Crippen LogP) is 1.96. The lowest BCUT2D eigenvalue weighted by molar-refractivity contribution is -0.106. The number of rotatable bonds is 3. The summed E-state index contributed by atoms with van der Waals surface area (Å²) < 4.78 is 14.8. The SMILES string of the molecule is O=CCN1CCCc2c1cnn2-c1ccc(F)cc1. The van der Waals surface area contributed by atoms with Gasteiger partial charge in [-0.3, -0.25) is 0 Å². The number of carbonyl (C=O) groups excluding carboxylic acids is 1. The molecule has 3 rings (SSSR count). The first-order valence-corrected chi connectivity index (χ1v) is 6.31. The van der Waals surface area contributed by atoms with Gasteiger partial charge in [-0.05, 0) is 37.1 Å². The third-order valence-electron chi connectivity index (χ3n) is 3.40. The number of hydrogen-bond donors (Lipinski definition) is 0. The Morgan fingerprint density at radius 3 is 2.84 bits per heavy atom. The van der Waals surface area contributed by atoms with Crippen LogP contribution >= 0.6 is 0 Å². The summed E-state index contributed by atoms with van der Waals surface area (Å²) >= 11 is 0. The van der Waals surface area contributed by atoms with Crippen LogP contribution in [0.1, 0.15) is 12.1 Å². The standard InChI is InChI=1S/C14H14FN3O/c15-11-3-5-12(6-4-11)18-13-2-1-7-17(8-9-19)14(13)10-16-18/h3-6,9-10H,1-2,7-8H2. The maximum atomic E-state index is 13.0. The Kier molecular flexibility index (Phi) is 3.03. The molecule has 1 aromatic heterocycles. The average Bonchev–Trinajstić information content (AvgIpc) is 2.85. The van der Waals surface area contributed by atoms with Crippen LogP contribution in [-0.2, 0) is 11.2 Å². The van der Waals surface area contributed by atoms with Gasteiger partial charge in [0, 0.05) is 6.54 Å². The molecule has 0 bridgehead atoms. The van der Waals surface area contributed by atoms with Gasteiger partial charge in [-0.15, -0.1) is 0 Å². The lowest BCUT2D eigenvalue weighted by atomic mass is 10.1. The summed E-state index contributed by atoms with van der Waals surface area (Å²) in [5.74, 6) is -0.257. The molecule has 5 heteroatoms. The predicted molar refractivity (Wildman–Crippen MR) is 70.1 cm³/mol. The van der Waals surface area contributed by atoms with E-state index in [1.165, 1.54) is 12.1 Å². The molecule has 0 saturated heterocycles. The van der Waals surface area contributed by atoms with Crippen molar-refractivity contribution in [3.8, 4) is 5.69 Å². The van der Waals surface area contributed by atoms with Gasteiger partial charge < -0.3 is 9.69 Å². The Morgan fingerprint density at radius 1 is 1.32 bits per heavy atom. The second kappa shape index (κ2) is 4.84. The number of hydrogen-bond acceptors (Lipinski definition) is 3. The number of anilines is 1. The first-order valence-electron chi connectivity index (χ1n) is 6.31. The molecule has 0 unspecified atom stereocenters. The molecule has 0 fully saturated rings. The molecule has 98 valence electrons. The largest absolute Gasteiger partial charge is 0.362 e. The van der Waals surface area contributed by atoms with Gasteiger partial charge in [0.1, 0.15) is 12.1 Å². The highest BCUT2D eigenvalue weighted by Gasteiger charge is 2.21. The van der Waals surface area contributed by atoms with Gasteiger partial charge in [-0.1, -0.05) is 0 Å². The van der Waals surface area contributed by atoms with Gasteiger partial charge in [0.2, 0.25) is 0 Å². The summed E-state index contributed by atoms with van der Waals surface area (Å²) in [6.45, 7) is 1.27. The Labute approximate surface area is 110 Å². The highest BCUT2D eigenvalue weighted by molar-refractivity contribution is 5.63. The molecule has 0 atom stereocenters. The summed E-state index contributed by atoms with van der Waals surface area (Å²) in [5, 5.41) is 4.37. The number of benzene rings is 1. The Bertz CT molecular complexity index is 591. The number of aldehydes is 1. The van der Waals surface area contributed by atoms with Gasteiger partial charge in [0.15, 0.2) is 0 Å². The lowest BCUT2D eigenvalue weighted by Gasteiger charge is -2.27. The Hall–Kier alpha value is -2.17. The molecule has 19 heavy (non-hydrogen) atoms. The maximum absolute atomic E-state index is 13.0. The van der Waals surface area contributed by atoms with Crippen LogP contribution in [-0.4, -0.2) is 29.2 Å². The zero-order valence-corrected chi connectivity index (χ0v) is 10.4. The first kappa shape index (κ1) is 11.9. The number of nitrogens with zero attached hydrogens (tertiary/aromatic N) is 3. The van der Waals surface area contributed by atoms with Crippen LogP contribution in [0.5, 0.6) is 0 Å². The minimum absolute atomic E-state index is 0.257. The van der Waals surface area contributed by atoms with E-state index in [0.29, 0.717) is 6.54 Å². The van der Waals surface area contributed by atoms with Gasteiger partial charge in [-0.25, -0.2) is 9.07 Å². The monoisotopic (exact) mass is 259 g/mol. The smallest absolute Gasteiger partial charge is 0.139 e. The number of carbonyl (C=O) groups is 1. The van der Waals surface area contributed by atoms with Crippen LogP contribution in [0.3, 0.4) is 0 Å². The molecule has 2 heterocycles. The van der Waals surface area contributed by atoms with E-state index < -0.39 is 0 Å². The van der Waals surface area contributed by atoms with Crippen LogP contribution in [0, 0.1) is 5.82 Å². The topological polar surface area (TPSA) is 38.1 Å².